The SMILES string of the molecule is CC(C)C(C)(CC(C)(C)C)C(=O)NCCOCCOCCNC(=O)NCCOC(=O)C(C)(C)C. The van der Waals surface area contributed by atoms with E-state index in [0.29, 0.717) is 39.5 Å². The van der Waals surface area contributed by atoms with E-state index in [1.165, 1.54) is 0 Å². The Morgan fingerprint density at radius 1 is 0.706 bits per heavy atom. The maximum absolute atomic E-state index is 12.7. The lowest BCUT2D eigenvalue weighted by Crippen LogP contribution is -2.45. The Hall–Kier alpha value is -1.87. The summed E-state index contributed by atoms with van der Waals surface area (Å²) in [5.74, 6) is -0.000923. The van der Waals surface area contributed by atoms with Crippen LogP contribution in [-0.4, -0.2) is 70.6 Å². The molecule has 0 fully saturated rings. The lowest BCUT2D eigenvalue weighted by molar-refractivity contribution is -0.152. The first-order valence-corrected chi connectivity index (χ1v) is 12.2. The van der Waals surface area contributed by atoms with Gasteiger partial charge in [-0.3, -0.25) is 9.59 Å². The van der Waals surface area contributed by atoms with Crippen molar-refractivity contribution >= 4 is 17.9 Å². The van der Waals surface area contributed by atoms with Crippen LogP contribution < -0.4 is 16.0 Å². The highest BCUT2D eigenvalue weighted by atomic mass is 16.5. The zero-order valence-corrected chi connectivity index (χ0v) is 22.9. The summed E-state index contributed by atoms with van der Waals surface area (Å²) in [6.07, 6.45) is 0.814. The number of amides is 3. The van der Waals surface area contributed by atoms with Crippen LogP contribution in [0.5, 0.6) is 0 Å². The third-order valence-electron chi connectivity index (χ3n) is 5.36. The van der Waals surface area contributed by atoms with Crippen LogP contribution in [0.15, 0.2) is 0 Å². The first kappa shape index (κ1) is 32.1. The minimum atomic E-state index is -0.557. The van der Waals surface area contributed by atoms with Gasteiger partial charge in [-0.2, -0.15) is 0 Å². The van der Waals surface area contributed by atoms with E-state index in [2.05, 4.69) is 50.6 Å². The zero-order valence-electron chi connectivity index (χ0n) is 22.9. The fourth-order valence-electron chi connectivity index (χ4n) is 3.23. The third-order valence-corrected chi connectivity index (χ3v) is 5.36. The van der Waals surface area contributed by atoms with Crippen LogP contribution in [0.3, 0.4) is 0 Å². The molecule has 1 atom stereocenters. The number of ether oxygens (including phenoxy) is 3. The summed E-state index contributed by atoms with van der Waals surface area (Å²) in [6.45, 7) is 20.7. The van der Waals surface area contributed by atoms with Crippen LogP contribution in [0, 0.1) is 22.2 Å². The summed E-state index contributed by atoms with van der Waals surface area (Å²) >= 11 is 0. The van der Waals surface area contributed by atoms with Crippen molar-refractivity contribution in [3.63, 3.8) is 0 Å². The van der Waals surface area contributed by atoms with Crippen LogP contribution >= 0.6 is 0 Å². The Bertz CT molecular complexity index is 625. The van der Waals surface area contributed by atoms with Crippen molar-refractivity contribution in [3.05, 3.63) is 0 Å². The molecule has 1 unspecified atom stereocenters. The summed E-state index contributed by atoms with van der Waals surface area (Å²) in [5, 5.41) is 8.27. The largest absolute Gasteiger partial charge is 0.463 e. The second-order valence-corrected chi connectivity index (χ2v) is 11.4. The predicted molar refractivity (Wildman–Crippen MR) is 133 cm³/mol. The van der Waals surface area contributed by atoms with Crippen molar-refractivity contribution in [2.75, 3.05) is 52.7 Å². The normalized spacial score (nSPS) is 13.8. The first-order valence-electron chi connectivity index (χ1n) is 12.2. The monoisotopic (exact) mass is 487 g/mol. The molecule has 0 heterocycles. The predicted octanol–water partition coefficient (Wildman–Crippen LogP) is 3.12. The molecule has 0 aromatic rings. The van der Waals surface area contributed by atoms with Gasteiger partial charge in [-0.1, -0.05) is 41.5 Å². The van der Waals surface area contributed by atoms with Crippen molar-refractivity contribution in [2.24, 2.45) is 22.2 Å². The van der Waals surface area contributed by atoms with Gasteiger partial charge in [0.2, 0.25) is 5.91 Å². The molecule has 0 saturated carbocycles. The molecule has 0 rings (SSSR count). The number of carbonyl (C=O) groups is 3. The average Bonchev–Trinajstić information content (AvgIpc) is 2.69. The minimum Gasteiger partial charge on any atom is -0.463 e. The first-order chi connectivity index (χ1) is 15.6. The second kappa shape index (κ2) is 15.2. The lowest BCUT2D eigenvalue weighted by atomic mass is 9.68. The quantitative estimate of drug-likeness (QED) is 0.241. The maximum Gasteiger partial charge on any atom is 0.314 e. The summed E-state index contributed by atoms with van der Waals surface area (Å²) in [4.78, 5) is 36.0. The molecule has 3 N–H and O–H groups in total. The molecular weight excluding hydrogens is 438 g/mol. The van der Waals surface area contributed by atoms with Gasteiger partial charge in [-0.05, 0) is 38.5 Å². The molecule has 0 aliphatic heterocycles. The molecule has 9 nitrogen and oxygen atoms in total. The summed E-state index contributed by atoms with van der Waals surface area (Å²) in [6, 6.07) is -0.345. The molecule has 0 radical (unpaired) electrons. The fraction of sp³-hybridized carbons (Fsp3) is 0.880. The van der Waals surface area contributed by atoms with Crippen LogP contribution in [-0.2, 0) is 23.8 Å². The van der Waals surface area contributed by atoms with Gasteiger partial charge in [0, 0.05) is 18.5 Å². The van der Waals surface area contributed by atoms with Gasteiger partial charge in [0.25, 0.3) is 0 Å². The molecule has 0 aromatic carbocycles. The van der Waals surface area contributed by atoms with Gasteiger partial charge in [0.05, 0.1) is 38.4 Å². The van der Waals surface area contributed by atoms with E-state index in [9.17, 15) is 14.4 Å². The number of rotatable bonds is 15. The minimum absolute atomic E-state index is 0.0639. The summed E-state index contributed by atoms with van der Waals surface area (Å²) < 4.78 is 16.0. The Balaban J connectivity index is 3.77. The van der Waals surface area contributed by atoms with Crippen LogP contribution in [0.1, 0.15) is 68.7 Å². The van der Waals surface area contributed by atoms with E-state index >= 15 is 0 Å². The van der Waals surface area contributed by atoms with E-state index in [-0.39, 0.29) is 42.4 Å². The third kappa shape index (κ3) is 14.4. The van der Waals surface area contributed by atoms with Crippen molar-refractivity contribution in [3.8, 4) is 0 Å². The van der Waals surface area contributed by atoms with Crippen LogP contribution in [0.2, 0.25) is 0 Å². The fourth-order valence-corrected chi connectivity index (χ4v) is 3.23. The highest BCUT2D eigenvalue weighted by Gasteiger charge is 2.39. The average molecular weight is 488 g/mol. The standard InChI is InChI=1S/C25H49N3O6/c1-19(2)25(9,18-23(3,4)5)20(29)26-10-13-32-16-17-33-14-11-27-22(31)28-12-15-34-21(30)24(6,7)8/h19H,10-18H2,1-9H3,(H,26,29)(H2,27,28,31). The highest BCUT2D eigenvalue weighted by molar-refractivity contribution is 5.82. The molecule has 3 amide bonds. The van der Waals surface area contributed by atoms with Crippen LogP contribution in [0.25, 0.3) is 0 Å². The number of hydrogen-bond donors (Lipinski definition) is 3. The lowest BCUT2D eigenvalue weighted by Gasteiger charge is -2.37. The Morgan fingerprint density at radius 2 is 1.18 bits per heavy atom. The van der Waals surface area contributed by atoms with Gasteiger partial charge < -0.3 is 30.2 Å². The van der Waals surface area contributed by atoms with E-state index in [1.54, 1.807) is 20.8 Å². The topological polar surface area (TPSA) is 115 Å². The van der Waals surface area contributed by atoms with Gasteiger partial charge in [-0.25, -0.2) is 4.79 Å². The van der Waals surface area contributed by atoms with E-state index in [1.807, 2.05) is 6.92 Å². The Labute approximate surface area is 206 Å². The van der Waals surface area contributed by atoms with E-state index < -0.39 is 10.8 Å². The number of carbonyl (C=O) groups excluding carboxylic acids is 3. The molecule has 0 aromatic heterocycles. The van der Waals surface area contributed by atoms with E-state index in [4.69, 9.17) is 14.2 Å². The highest BCUT2D eigenvalue weighted by Crippen LogP contribution is 2.39. The number of nitrogens with one attached hydrogen (secondary N) is 3. The number of esters is 1. The second-order valence-electron chi connectivity index (χ2n) is 11.4. The molecule has 0 aliphatic rings. The molecule has 9 heteroatoms. The molecular formula is C25H49N3O6. The maximum atomic E-state index is 12.7. The molecule has 0 saturated heterocycles. The molecule has 34 heavy (non-hydrogen) atoms. The van der Waals surface area contributed by atoms with Gasteiger partial charge >= 0.3 is 12.0 Å². The van der Waals surface area contributed by atoms with Gasteiger partial charge in [0.1, 0.15) is 6.61 Å². The molecule has 0 aliphatic carbocycles. The van der Waals surface area contributed by atoms with Crippen molar-refractivity contribution in [1.82, 2.24) is 16.0 Å². The van der Waals surface area contributed by atoms with E-state index in [0.717, 1.165) is 6.42 Å². The van der Waals surface area contributed by atoms with Gasteiger partial charge in [-0.15, -0.1) is 0 Å². The van der Waals surface area contributed by atoms with Crippen LogP contribution in [0.4, 0.5) is 4.79 Å². The number of urea groups is 1. The Kier molecular flexibility index (Phi) is 14.4. The Morgan fingerprint density at radius 3 is 1.62 bits per heavy atom. The summed E-state index contributed by atoms with van der Waals surface area (Å²) in [7, 11) is 0. The molecule has 200 valence electrons. The van der Waals surface area contributed by atoms with Crippen molar-refractivity contribution < 1.29 is 28.6 Å². The molecule has 0 spiro atoms. The van der Waals surface area contributed by atoms with Crippen molar-refractivity contribution in [1.29, 1.82) is 0 Å². The zero-order chi connectivity index (χ0) is 26.4. The molecule has 0 bridgehead atoms. The smallest absolute Gasteiger partial charge is 0.314 e. The van der Waals surface area contributed by atoms with Crippen molar-refractivity contribution in [2.45, 2.75) is 68.7 Å². The van der Waals surface area contributed by atoms with Gasteiger partial charge in [0.15, 0.2) is 0 Å². The number of hydrogen-bond acceptors (Lipinski definition) is 6. The summed E-state index contributed by atoms with van der Waals surface area (Å²) in [5.41, 5.74) is -0.906.